The number of amides is 1. The maximum Gasteiger partial charge on any atom is 0.273 e. The second kappa shape index (κ2) is 6.96. The van der Waals surface area contributed by atoms with Gasteiger partial charge >= 0.3 is 0 Å². The number of aromatic nitrogens is 3. The van der Waals surface area contributed by atoms with Gasteiger partial charge in [0.25, 0.3) is 5.91 Å². The van der Waals surface area contributed by atoms with E-state index in [1.165, 1.54) is 11.1 Å². The molecule has 25 heavy (non-hydrogen) atoms. The number of hydrogen-bond donors (Lipinski definition) is 2. The summed E-state index contributed by atoms with van der Waals surface area (Å²) < 4.78 is 1.93. The molecule has 1 aliphatic carbocycles. The molecule has 0 bridgehead atoms. The summed E-state index contributed by atoms with van der Waals surface area (Å²) in [5.41, 5.74) is 4.12. The van der Waals surface area contributed by atoms with Crippen molar-refractivity contribution in [3.63, 3.8) is 0 Å². The van der Waals surface area contributed by atoms with E-state index in [1.54, 1.807) is 0 Å². The van der Waals surface area contributed by atoms with Gasteiger partial charge < -0.3 is 10.6 Å². The van der Waals surface area contributed by atoms with Crippen molar-refractivity contribution in [1.29, 1.82) is 0 Å². The molecule has 1 saturated heterocycles. The van der Waals surface area contributed by atoms with E-state index in [9.17, 15) is 4.79 Å². The van der Waals surface area contributed by atoms with Crippen LogP contribution < -0.4 is 10.6 Å². The van der Waals surface area contributed by atoms with Crippen molar-refractivity contribution in [3.8, 4) is 0 Å². The first-order valence-electron chi connectivity index (χ1n) is 9.22. The van der Waals surface area contributed by atoms with Crippen LogP contribution in [0.15, 0.2) is 24.3 Å². The van der Waals surface area contributed by atoms with Crippen LogP contribution in [-0.4, -0.2) is 40.5 Å². The molecule has 1 aromatic heterocycles. The molecule has 2 aliphatic rings. The van der Waals surface area contributed by atoms with Crippen LogP contribution in [0.3, 0.4) is 0 Å². The zero-order valence-electron chi connectivity index (χ0n) is 14.7. The van der Waals surface area contributed by atoms with E-state index in [0.29, 0.717) is 24.2 Å². The van der Waals surface area contributed by atoms with E-state index in [1.807, 2.05) is 11.6 Å². The average molecular weight is 339 g/mol. The molecule has 4 rings (SSSR count). The van der Waals surface area contributed by atoms with Gasteiger partial charge in [-0.1, -0.05) is 29.5 Å². The fourth-order valence-electron chi connectivity index (χ4n) is 4.11. The Hall–Kier alpha value is -2.21. The van der Waals surface area contributed by atoms with Gasteiger partial charge in [-0.05, 0) is 56.8 Å². The van der Waals surface area contributed by atoms with Crippen molar-refractivity contribution in [2.45, 2.75) is 44.6 Å². The number of carbonyl (C=O) groups excluding carboxylic acids is 1. The summed E-state index contributed by atoms with van der Waals surface area (Å²) in [6, 6.07) is 8.87. The van der Waals surface area contributed by atoms with Crippen LogP contribution in [0.2, 0.25) is 0 Å². The SMILES string of the molecule is Cc1c(C(=O)NC[C@H]2CCc3ccccc32)nnn1C1CCNCC1. The van der Waals surface area contributed by atoms with Crippen molar-refractivity contribution in [1.82, 2.24) is 25.6 Å². The number of fused-ring (bicyclic) bond motifs is 1. The van der Waals surface area contributed by atoms with Crippen molar-refractivity contribution in [2.24, 2.45) is 0 Å². The number of benzene rings is 1. The fraction of sp³-hybridized carbons (Fsp3) is 0.526. The lowest BCUT2D eigenvalue weighted by atomic mass is 10.0. The van der Waals surface area contributed by atoms with Gasteiger partial charge in [-0.3, -0.25) is 4.79 Å². The molecular formula is C19H25N5O. The van der Waals surface area contributed by atoms with Crippen LogP contribution in [0.5, 0.6) is 0 Å². The number of nitrogens with one attached hydrogen (secondary N) is 2. The maximum atomic E-state index is 12.6. The molecular weight excluding hydrogens is 314 g/mol. The fourth-order valence-corrected chi connectivity index (χ4v) is 4.11. The minimum absolute atomic E-state index is 0.109. The molecule has 1 aliphatic heterocycles. The van der Waals surface area contributed by atoms with Gasteiger partial charge in [0.15, 0.2) is 5.69 Å². The largest absolute Gasteiger partial charge is 0.350 e. The third-order valence-corrected chi connectivity index (χ3v) is 5.56. The first-order valence-corrected chi connectivity index (χ1v) is 9.22. The van der Waals surface area contributed by atoms with Crippen LogP contribution in [0.25, 0.3) is 0 Å². The predicted molar refractivity (Wildman–Crippen MR) is 95.7 cm³/mol. The van der Waals surface area contributed by atoms with Gasteiger partial charge in [0, 0.05) is 12.5 Å². The second-order valence-corrected chi connectivity index (χ2v) is 7.09. The summed E-state index contributed by atoms with van der Waals surface area (Å²) in [7, 11) is 0. The summed E-state index contributed by atoms with van der Waals surface area (Å²) in [4.78, 5) is 12.6. The van der Waals surface area contributed by atoms with Gasteiger partial charge in [0.1, 0.15) is 0 Å². The lowest BCUT2D eigenvalue weighted by Crippen LogP contribution is -2.31. The van der Waals surface area contributed by atoms with Crippen molar-refractivity contribution in [3.05, 3.63) is 46.8 Å². The number of hydrogen-bond acceptors (Lipinski definition) is 4. The molecule has 2 heterocycles. The summed E-state index contributed by atoms with van der Waals surface area (Å²) in [6.07, 6.45) is 4.26. The first-order chi connectivity index (χ1) is 12.2. The highest BCUT2D eigenvalue weighted by atomic mass is 16.2. The Morgan fingerprint density at radius 2 is 2.08 bits per heavy atom. The van der Waals surface area contributed by atoms with Gasteiger partial charge in [0.05, 0.1) is 11.7 Å². The van der Waals surface area contributed by atoms with Crippen molar-refractivity contribution >= 4 is 5.91 Å². The van der Waals surface area contributed by atoms with Gasteiger partial charge in [-0.2, -0.15) is 0 Å². The topological polar surface area (TPSA) is 71.8 Å². The lowest BCUT2D eigenvalue weighted by Gasteiger charge is -2.23. The van der Waals surface area contributed by atoms with E-state index < -0.39 is 0 Å². The molecule has 6 nitrogen and oxygen atoms in total. The van der Waals surface area contributed by atoms with Crippen LogP contribution in [0.1, 0.15) is 58.5 Å². The Bertz CT molecular complexity index is 763. The predicted octanol–water partition coefficient (Wildman–Crippen LogP) is 1.97. The molecule has 132 valence electrons. The molecule has 1 amide bonds. The standard InChI is InChI=1S/C19H25N5O/c1-13-18(22-23-24(13)16-8-10-20-11-9-16)19(25)21-12-15-7-6-14-4-2-3-5-17(14)15/h2-5,15-16,20H,6-12H2,1H3,(H,21,25)/t15-/m1/s1. The highest BCUT2D eigenvalue weighted by Gasteiger charge is 2.25. The first kappa shape index (κ1) is 16.3. The zero-order chi connectivity index (χ0) is 17.2. The van der Waals surface area contributed by atoms with E-state index >= 15 is 0 Å². The smallest absolute Gasteiger partial charge is 0.273 e. The number of aryl methyl sites for hydroxylation is 1. The van der Waals surface area contributed by atoms with Crippen molar-refractivity contribution < 1.29 is 4.79 Å². The van der Waals surface area contributed by atoms with Crippen LogP contribution in [0.4, 0.5) is 0 Å². The van der Waals surface area contributed by atoms with E-state index in [2.05, 4.69) is 45.2 Å². The molecule has 2 N–H and O–H groups in total. The minimum Gasteiger partial charge on any atom is -0.350 e. The summed E-state index contributed by atoms with van der Waals surface area (Å²) in [6.45, 7) is 4.59. The minimum atomic E-state index is -0.109. The average Bonchev–Trinajstić information content (AvgIpc) is 3.24. The third-order valence-electron chi connectivity index (χ3n) is 5.56. The molecule has 1 aromatic carbocycles. The molecule has 2 aromatic rings. The quantitative estimate of drug-likeness (QED) is 0.893. The normalized spacial score (nSPS) is 20.4. The molecule has 1 fully saturated rings. The molecule has 0 spiro atoms. The highest BCUT2D eigenvalue weighted by molar-refractivity contribution is 5.93. The Labute approximate surface area is 148 Å². The Balaban J connectivity index is 1.41. The van der Waals surface area contributed by atoms with E-state index in [-0.39, 0.29) is 5.91 Å². The lowest BCUT2D eigenvalue weighted by molar-refractivity contribution is 0.0945. The Morgan fingerprint density at radius 1 is 1.28 bits per heavy atom. The van der Waals surface area contributed by atoms with E-state index in [0.717, 1.165) is 44.5 Å². The molecule has 0 saturated carbocycles. The summed E-state index contributed by atoms with van der Waals surface area (Å²) in [5.74, 6) is 0.294. The van der Waals surface area contributed by atoms with Crippen LogP contribution in [0, 0.1) is 6.92 Å². The number of rotatable bonds is 4. The summed E-state index contributed by atoms with van der Waals surface area (Å²) >= 11 is 0. The number of piperidine rings is 1. The maximum absolute atomic E-state index is 12.6. The van der Waals surface area contributed by atoms with Gasteiger partial charge in [-0.15, -0.1) is 5.10 Å². The molecule has 6 heteroatoms. The number of carbonyl (C=O) groups is 1. The molecule has 1 atom stereocenters. The highest BCUT2D eigenvalue weighted by Crippen LogP contribution is 2.32. The molecule has 0 unspecified atom stereocenters. The third kappa shape index (κ3) is 3.18. The second-order valence-electron chi connectivity index (χ2n) is 7.09. The van der Waals surface area contributed by atoms with Gasteiger partial charge in [-0.25, -0.2) is 4.68 Å². The zero-order valence-corrected chi connectivity index (χ0v) is 14.7. The summed E-state index contributed by atoms with van der Waals surface area (Å²) in [5, 5.41) is 14.8. The number of nitrogens with zero attached hydrogens (tertiary/aromatic N) is 3. The van der Waals surface area contributed by atoms with Gasteiger partial charge in [0.2, 0.25) is 0 Å². The van der Waals surface area contributed by atoms with E-state index in [4.69, 9.17) is 0 Å². The van der Waals surface area contributed by atoms with Crippen LogP contribution >= 0.6 is 0 Å². The Kier molecular flexibility index (Phi) is 4.53. The monoisotopic (exact) mass is 339 g/mol. The Morgan fingerprint density at radius 3 is 2.92 bits per heavy atom. The molecule has 0 radical (unpaired) electrons. The van der Waals surface area contributed by atoms with Crippen molar-refractivity contribution in [2.75, 3.05) is 19.6 Å². The van der Waals surface area contributed by atoms with Crippen LogP contribution in [-0.2, 0) is 6.42 Å².